The summed E-state index contributed by atoms with van der Waals surface area (Å²) in [7, 11) is 0. The summed E-state index contributed by atoms with van der Waals surface area (Å²) in [6.45, 7) is 2.24. The Morgan fingerprint density at radius 2 is 1.83 bits per heavy atom. The molecule has 0 atom stereocenters. The monoisotopic (exact) mass is 357 g/mol. The van der Waals surface area contributed by atoms with Gasteiger partial charge in [-0.2, -0.15) is 0 Å². The van der Waals surface area contributed by atoms with Crippen LogP contribution < -0.4 is 10.6 Å². The number of hydrogen-bond donors (Lipinski definition) is 2. The normalized spacial score (nSPS) is 14.6. The molecule has 0 heterocycles. The molecule has 1 aliphatic rings. The van der Waals surface area contributed by atoms with E-state index in [1.807, 2.05) is 6.92 Å². The Hall–Kier alpha value is -1.46. The van der Waals surface area contributed by atoms with Crippen molar-refractivity contribution in [2.75, 3.05) is 18.4 Å². The fourth-order valence-electron chi connectivity index (χ4n) is 2.63. The smallest absolute Gasteiger partial charge is 0.318 e. The quantitative estimate of drug-likeness (QED) is 0.839. The molecule has 0 unspecified atom stereocenters. The lowest BCUT2D eigenvalue weighted by Crippen LogP contribution is -2.46. The minimum Gasteiger partial charge on any atom is -0.335 e. The summed E-state index contributed by atoms with van der Waals surface area (Å²) in [6.07, 6.45) is 4.29. The Labute approximate surface area is 146 Å². The molecule has 1 fully saturated rings. The molecule has 2 N–H and O–H groups in total. The molecule has 1 aliphatic carbocycles. The molecule has 0 spiro atoms. The van der Waals surface area contributed by atoms with Gasteiger partial charge in [0, 0.05) is 12.6 Å². The summed E-state index contributed by atoms with van der Waals surface area (Å²) in [5, 5.41) is 6.37. The molecule has 126 valence electrons. The number of nitrogens with one attached hydrogen (secondary N) is 2. The van der Waals surface area contributed by atoms with Gasteiger partial charge in [-0.3, -0.25) is 4.79 Å². The predicted octanol–water partition coefficient (Wildman–Crippen LogP) is 3.91. The largest absolute Gasteiger partial charge is 0.335 e. The lowest BCUT2D eigenvalue weighted by Gasteiger charge is -2.23. The molecule has 0 aliphatic heterocycles. The molecule has 2 rings (SSSR count). The summed E-state index contributed by atoms with van der Waals surface area (Å²) < 4.78 is 0. The van der Waals surface area contributed by atoms with Crippen LogP contribution in [-0.2, 0) is 4.79 Å². The highest BCUT2D eigenvalue weighted by Gasteiger charge is 2.22. The summed E-state index contributed by atoms with van der Waals surface area (Å²) in [4.78, 5) is 25.9. The molecule has 7 heteroatoms. The molecular formula is C16H21Cl2N3O2. The molecule has 5 nitrogen and oxygen atoms in total. The molecule has 1 saturated carbocycles. The maximum absolute atomic E-state index is 12.2. The van der Waals surface area contributed by atoms with E-state index in [1.165, 1.54) is 4.90 Å². The van der Waals surface area contributed by atoms with Gasteiger partial charge in [0.1, 0.15) is 6.54 Å². The van der Waals surface area contributed by atoms with Gasteiger partial charge in [0.15, 0.2) is 0 Å². The summed E-state index contributed by atoms with van der Waals surface area (Å²) >= 11 is 12.1. The molecule has 0 radical (unpaired) electrons. The second-order valence-corrected chi connectivity index (χ2v) is 6.40. The Morgan fingerprint density at radius 3 is 2.39 bits per heavy atom. The number of carbonyl (C=O) groups is 2. The number of benzene rings is 1. The molecule has 1 aromatic rings. The van der Waals surface area contributed by atoms with Gasteiger partial charge < -0.3 is 15.5 Å². The maximum Gasteiger partial charge on any atom is 0.318 e. The number of carbonyl (C=O) groups excluding carboxylic acids is 2. The van der Waals surface area contributed by atoms with Gasteiger partial charge in [0.2, 0.25) is 5.91 Å². The van der Waals surface area contributed by atoms with Gasteiger partial charge >= 0.3 is 6.03 Å². The maximum atomic E-state index is 12.2. The van der Waals surface area contributed by atoms with Crippen molar-refractivity contribution in [3.8, 4) is 0 Å². The van der Waals surface area contributed by atoms with Gasteiger partial charge in [-0.05, 0) is 31.9 Å². The standard InChI is InChI=1S/C16H21Cl2N3O2/c1-2-21(16(23)19-11-6-3-4-7-11)10-14(22)20-15-12(17)8-5-9-13(15)18/h5,8-9,11H,2-4,6-7,10H2,1H3,(H,19,23)(H,20,22). The minimum absolute atomic E-state index is 0.0450. The average Bonchev–Trinajstić information content (AvgIpc) is 3.01. The van der Waals surface area contributed by atoms with Crippen LogP contribution in [0, 0.1) is 0 Å². The van der Waals surface area contributed by atoms with Crippen LogP contribution in [0.1, 0.15) is 32.6 Å². The third-order valence-electron chi connectivity index (χ3n) is 3.91. The first kappa shape index (κ1) is 17.9. The third-order valence-corrected chi connectivity index (χ3v) is 4.54. The van der Waals surface area contributed by atoms with Crippen LogP contribution in [0.2, 0.25) is 10.0 Å². The van der Waals surface area contributed by atoms with E-state index in [-0.39, 0.29) is 24.5 Å². The first-order chi connectivity index (χ1) is 11.0. The minimum atomic E-state index is -0.330. The number of amides is 3. The van der Waals surface area contributed by atoms with E-state index < -0.39 is 0 Å². The fourth-order valence-corrected chi connectivity index (χ4v) is 3.12. The highest BCUT2D eigenvalue weighted by Crippen LogP contribution is 2.29. The first-order valence-electron chi connectivity index (χ1n) is 7.80. The second-order valence-electron chi connectivity index (χ2n) is 5.59. The molecule has 0 bridgehead atoms. The van der Waals surface area contributed by atoms with Crippen LogP contribution in [0.4, 0.5) is 10.5 Å². The average molecular weight is 358 g/mol. The van der Waals surface area contributed by atoms with E-state index in [0.717, 1.165) is 25.7 Å². The number of hydrogen-bond acceptors (Lipinski definition) is 2. The Morgan fingerprint density at radius 1 is 1.22 bits per heavy atom. The zero-order chi connectivity index (χ0) is 16.8. The van der Waals surface area contributed by atoms with Crippen molar-refractivity contribution >= 4 is 40.8 Å². The van der Waals surface area contributed by atoms with E-state index >= 15 is 0 Å². The molecule has 3 amide bonds. The van der Waals surface area contributed by atoms with E-state index in [2.05, 4.69) is 10.6 Å². The van der Waals surface area contributed by atoms with Crippen molar-refractivity contribution in [3.05, 3.63) is 28.2 Å². The van der Waals surface area contributed by atoms with Crippen molar-refractivity contribution < 1.29 is 9.59 Å². The molecule has 23 heavy (non-hydrogen) atoms. The predicted molar refractivity (Wildman–Crippen MR) is 93.1 cm³/mol. The number of rotatable bonds is 5. The Bertz CT molecular complexity index is 554. The van der Waals surface area contributed by atoms with E-state index in [1.54, 1.807) is 18.2 Å². The summed E-state index contributed by atoms with van der Waals surface area (Å²) in [5.74, 6) is -0.330. The number of anilines is 1. The van der Waals surface area contributed by atoms with Gasteiger partial charge in [0.05, 0.1) is 15.7 Å². The number of nitrogens with zero attached hydrogens (tertiary/aromatic N) is 1. The lowest BCUT2D eigenvalue weighted by molar-refractivity contribution is -0.116. The number of halogens is 2. The number of likely N-dealkylation sites (N-methyl/N-ethyl adjacent to an activating group) is 1. The number of urea groups is 1. The molecule has 1 aromatic carbocycles. The molecule has 0 aromatic heterocycles. The topological polar surface area (TPSA) is 61.4 Å². The zero-order valence-corrected chi connectivity index (χ0v) is 14.6. The highest BCUT2D eigenvalue weighted by molar-refractivity contribution is 6.39. The molecular weight excluding hydrogens is 337 g/mol. The van der Waals surface area contributed by atoms with Gasteiger partial charge in [0.25, 0.3) is 0 Å². The Balaban J connectivity index is 1.92. The van der Waals surface area contributed by atoms with Crippen molar-refractivity contribution in [1.29, 1.82) is 0 Å². The van der Waals surface area contributed by atoms with Crippen LogP contribution in [0.25, 0.3) is 0 Å². The van der Waals surface area contributed by atoms with E-state index in [9.17, 15) is 9.59 Å². The summed E-state index contributed by atoms with van der Waals surface area (Å²) in [6, 6.07) is 5.01. The van der Waals surface area contributed by atoms with Gasteiger partial charge in [-0.25, -0.2) is 4.79 Å². The van der Waals surface area contributed by atoms with Crippen LogP contribution in [0.3, 0.4) is 0 Å². The van der Waals surface area contributed by atoms with Gasteiger partial charge in [-0.1, -0.05) is 42.1 Å². The Kier molecular flexibility index (Phi) is 6.54. The highest BCUT2D eigenvalue weighted by atomic mass is 35.5. The van der Waals surface area contributed by atoms with Gasteiger partial charge in [-0.15, -0.1) is 0 Å². The third kappa shape index (κ3) is 5.01. The first-order valence-corrected chi connectivity index (χ1v) is 8.56. The SMILES string of the molecule is CCN(CC(=O)Nc1c(Cl)cccc1Cl)C(=O)NC1CCCC1. The lowest BCUT2D eigenvalue weighted by atomic mass is 10.2. The summed E-state index contributed by atoms with van der Waals surface area (Å²) in [5.41, 5.74) is 0.369. The van der Waals surface area contributed by atoms with Crippen LogP contribution in [0.15, 0.2) is 18.2 Å². The van der Waals surface area contributed by atoms with Crippen molar-refractivity contribution in [2.24, 2.45) is 0 Å². The van der Waals surface area contributed by atoms with Crippen LogP contribution >= 0.6 is 23.2 Å². The van der Waals surface area contributed by atoms with Crippen molar-refractivity contribution in [1.82, 2.24) is 10.2 Å². The van der Waals surface area contributed by atoms with Crippen LogP contribution in [0.5, 0.6) is 0 Å². The zero-order valence-electron chi connectivity index (χ0n) is 13.1. The second kappa shape index (κ2) is 8.41. The van der Waals surface area contributed by atoms with E-state index in [4.69, 9.17) is 23.2 Å². The van der Waals surface area contributed by atoms with E-state index in [0.29, 0.717) is 22.3 Å². The van der Waals surface area contributed by atoms with Crippen LogP contribution in [-0.4, -0.2) is 36.0 Å². The number of para-hydroxylation sites is 1. The fraction of sp³-hybridized carbons (Fsp3) is 0.500. The molecule has 0 saturated heterocycles. The van der Waals surface area contributed by atoms with Crippen molar-refractivity contribution in [3.63, 3.8) is 0 Å². The van der Waals surface area contributed by atoms with Crippen molar-refractivity contribution in [2.45, 2.75) is 38.6 Å².